The van der Waals surface area contributed by atoms with Crippen LogP contribution >= 0.6 is 0 Å². The summed E-state index contributed by atoms with van der Waals surface area (Å²) in [4.78, 5) is 23.8. The van der Waals surface area contributed by atoms with Crippen molar-refractivity contribution < 1.29 is 24.4 Å². The zero-order valence-electron chi connectivity index (χ0n) is 15.2. The molecule has 25 heavy (non-hydrogen) atoms. The van der Waals surface area contributed by atoms with E-state index in [-0.39, 0.29) is 24.2 Å². The van der Waals surface area contributed by atoms with E-state index < -0.39 is 19.1 Å². The highest BCUT2D eigenvalue weighted by Crippen LogP contribution is 2.22. The molecule has 0 aliphatic rings. The summed E-state index contributed by atoms with van der Waals surface area (Å²) in [6.07, 6.45) is 0.418. The predicted molar refractivity (Wildman–Crippen MR) is 95.7 cm³/mol. The summed E-state index contributed by atoms with van der Waals surface area (Å²) in [5, 5.41) is 24.2. The lowest BCUT2D eigenvalue weighted by atomic mass is 9.75. The summed E-state index contributed by atoms with van der Waals surface area (Å²) in [7, 11) is -0.0966. The molecule has 1 aromatic carbocycles. The molecule has 1 rings (SSSR count). The maximum Gasteiger partial charge on any atom is 0.475 e. The van der Waals surface area contributed by atoms with Gasteiger partial charge in [0.05, 0.1) is 25.5 Å². The van der Waals surface area contributed by atoms with Crippen LogP contribution in [-0.2, 0) is 9.59 Å². The first kappa shape index (κ1) is 21.0. The number of hydrogen-bond donors (Lipinski definition) is 4. The van der Waals surface area contributed by atoms with Crippen LogP contribution in [0.3, 0.4) is 0 Å². The minimum atomic E-state index is -1.64. The fourth-order valence-electron chi connectivity index (χ4n) is 2.57. The first-order valence-corrected chi connectivity index (χ1v) is 8.29. The Labute approximate surface area is 148 Å². The largest absolute Gasteiger partial charge is 0.497 e. The molecule has 0 saturated heterocycles. The third-order valence-electron chi connectivity index (χ3n) is 3.69. The van der Waals surface area contributed by atoms with E-state index in [1.807, 2.05) is 13.8 Å². The first-order valence-electron chi connectivity index (χ1n) is 8.29. The van der Waals surface area contributed by atoms with Gasteiger partial charge in [0.15, 0.2) is 0 Å². The van der Waals surface area contributed by atoms with Crippen LogP contribution < -0.4 is 15.4 Å². The second kappa shape index (κ2) is 10.1. The predicted octanol–water partition coefficient (Wildman–Crippen LogP) is 0.805. The molecule has 0 aliphatic carbocycles. The molecule has 4 N–H and O–H groups in total. The van der Waals surface area contributed by atoms with Gasteiger partial charge in [-0.15, -0.1) is 0 Å². The lowest BCUT2D eigenvalue weighted by Crippen LogP contribution is -2.48. The number of methoxy groups -OCH3 is 1. The molecule has 2 atom stereocenters. The second-order valence-electron chi connectivity index (χ2n) is 6.45. The third kappa shape index (κ3) is 7.58. The summed E-state index contributed by atoms with van der Waals surface area (Å²) >= 11 is 0. The Hall–Kier alpha value is -2.06. The van der Waals surface area contributed by atoms with Gasteiger partial charge in [0.25, 0.3) is 0 Å². The van der Waals surface area contributed by atoms with E-state index >= 15 is 0 Å². The van der Waals surface area contributed by atoms with Gasteiger partial charge in [-0.05, 0) is 30.0 Å². The number of carbonyl (C=O) groups is 2. The fourth-order valence-corrected chi connectivity index (χ4v) is 2.57. The number of ether oxygens (including phenoxy) is 1. The number of nitrogens with one attached hydrogen (secondary N) is 2. The van der Waals surface area contributed by atoms with Crippen molar-refractivity contribution in [2.75, 3.05) is 7.11 Å². The van der Waals surface area contributed by atoms with Crippen LogP contribution in [0.25, 0.3) is 0 Å². The monoisotopic (exact) mass is 350 g/mol. The maximum absolute atomic E-state index is 12.3. The van der Waals surface area contributed by atoms with Crippen molar-refractivity contribution in [1.82, 2.24) is 10.6 Å². The SMILES string of the molecule is COc1cccc(C(CC(=O)NC(CC(C)C)B(O)O)NC(C)=O)c1. The van der Waals surface area contributed by atoms with Crippen molar-refractivity contribution >= 4 is 18.9 Å². The van der Waals surface area contributed by atoms with Gasteiger partial charge in [-0.2, -0.15) is 0 Å². The number of rotatable bonds is 9. The van der Waals surface area contributed by atoms with Gasteiger partial charge < -0.3 is 25.4 Å². The van der Waals surface area contributed by atoms with Gasteiger partial charge >= 0.3 is 7.12 Å². The molecule has 0 radical (unpaired) electrons. The van der Waals surface area contributed by atoms with Crippen LogP contribution in [0.4, 0.5) is 0 Å². The van der Waals surface area contributed by atoms with Crippen molar-refractivity contribution in [3.63, 3.8) is 0 Å². The van der Waals surface area contributed by atoms with Crippen LogP contribution in [0.2, 0.25) is 0 Å². The first-order chi connectivity index (χ1) is 11.7. The minimum absolute atomic E-state index is 0.0198. The zero-order valence-corrected chi connectivity index (χ0v) is 15.2. The van der Waals surface area contributed by atoms with Gasteiger partial charge in [0.2, 0.25) is 11.8 Å². The standard InChI is InChI=1S/C17H27BN2O5/c1-11(2)8-16(18(23)24)20-17(22)10-15(19-12(3)21)13-6-5-7-14(9-13)25-4/h5-7,9,11,15-16,23-24H,8,10H2,1-4H3,(H,19,21)(H,20,22). The van der Waals surface area contributed by atoms with E-state index in [1.54, 1.807) is 31.4 Å². The van der Waals surface area contributed by atoms with Crippen molar-refractivity contribution in [1.29, 1.82) is 0 Å². The van der Waals surface area contributed by atoms with E-state index in [4.69, 9.17) is 4.74 Å². The number of benzene rings is 1. The Morgan fingerprint density at radius 3 is 2.44 bits per heavy atom. The molecule has 2 amide bonds. The number of hydrogen-bond acceptors (Lipinski definition) is 5. The summed E-state index contributed by atoms with van der Waals surface area (Å²) in [5.74, 6) is -0.578. The highest BCUT2D eigenvalue weighted by atomic mass is 16.5. The van der Waals surface area contributed by atoms with E-state index in [2.05, 4.69) is 10.6 Å². The van der Waals surface area contributed by atoms with Gasteiger partial charge in [-0.25, -0.2) is 0 Å². The minimum Gasteiger partial charge on any atom is -0.497 e. The number of carbonyl (C=O) groups excluding carboxylic acids is 2. The van der Waals surface area contributed by atoms with E-state index in [1.165, 1.54) is 6.92 Å². The molecule has 8 heteroatoms. The molecule has 0 saturated carbocycles. The van der Waals surface area contributed by atoms with Crippen molar-refractivity contribution in [3.8, 4) is 5.75 Å². The van der Waals surface area contributed by atoms with E-state index in [9.17, 15) is 19.6 Å². The molecule has 0 bridgehead atoms. The summed E-state index contributed by atoms with van der Waals surface area (Å²) < 4.78 is 5.18. The second-order valence-corrected chi connectivity index (χ2v) is 6.45. The normalized spacial score (nSPS) is 13.1. The molecule has 0 fully saturated rings. The quantitative estimate of drug-likeness (QED) is 0.493. The fraction of sp³-hybridized carbons (Fsp3) is 0.529. The van der Waals surface area contributed by atoms with Crippen molar-refractivity contribution in [3.05, 3.63) is 29.8 Å². The molecule has 0 spiro atoms. The molecule has 0 aromatic heterocycles. The van der Waals surface area contributed by atoms with Crippen LogP contribution in [0.5, 0.6) is 5.75 Å². The van der Waals surface area contributed by atoms with E-state index in [0.717, 1.165) is 5.56 Å². The Morgan fingerprint density at radius 2 is 1.92 bits per heavy atom. The number of amides is 2. The van der Waals surface area contributed by atoms with Gasteiger partial charge in [-0.3, -0.25) is 9.59 Å². The average molecular weight is 350 g/mol. The highest BCUT2D eigenvalue weighted by Gasteiger charge is 2.27. The third-order valence-corrected chi connectivity index (χ3v) is 3.69. The zero-order chi connectivity index (χ0) is 19.0. The Kier molecular flexibility index (Phi) is 8.44. The molecule has 1 aromatic rings. The summed E-state index contributed by atoms with van der Waals surface area (Å²) in [5.41, 5.74) is 0.731. The average Bonchev–Trinajstić information content (AvgIpc) is 2.52. The summed E-state index contributed by atoms with van der Waals surface area (Å²) in [6.45, 7) is 5.24. The summed E-state index contributed by atoms with van der Waals surface area (Å²) in [6, 6.07) is 6.56. The lowest BCUT2D eigenvalue weighted by molar-refractivity contribution is -0.123. The molecule has 2 unspecified atom stereocenters. The maximum atomic E-state index is 12.3. The Morgan fingerprint density at radius 1 is 1.24 bits per heavy atom. The van der Waals surface area contributed by atoms with Crippen LogP contribution in [0.1, 0.15) is 45.2 Å². The lowest BCUT2D eigenvalue weighted by Gasteiger charge is -2.23. The molecular formula is C17H27BN2O5. The Bertz CT molecular complexity index is 580. The van der Waals surface area contributed by atoms with Crippen LogP contribution in [0, 0.1) is 5.92 Å². The van der Waals surface area contributed by atoms with Gasteiger partial charge in [0, 0.05) is 6.92 Å². The molecule has 0 heterocycles. The van der Waals surface area contributed by atoms with Crippen LogP contribution in [0.15, 0.2) is 24.3 Å². The molecule has 138 valence electrons. The molecular weight excluding hydrogens is 323 g/mol. The highest BCUT2D eigenvalue weighted by molar-refractivity contribution is 6.43. The van der Waals surface area contributed by atoms with Gasteiger partial charge in [-0.1, -0.05) is 26.0 Å². The van der Waals surface area contributed by atoms with E-state index in [0.29, 0.717) is 12.2 Å². The topological polar surface area (TPSA) is 108 Å². The van der Waals surface area contributed by atoms with Crippen LogP contribution in [-0.4, -0.2) is 42.0 Å². The van der Waals surface area contributed by atoms with Crippen molar-refractivity contribution in [2.45, 2.75) is 45.6 Å². The van der Waals surface area contributed by atoms with Gasteiger partial charge in [0.1, 0.15) is 5.75 Å². The Balaban J connectivity index is 2.86. The smallest absolute Gasteiger partial charge is 0.475 e. The van der Waals surface area contributed by atoms with Crippen molar-refractivity contribution in [2.24, 2.45) is 5.92 Å². The molecule has 0 aliphatic heterocycles. The molecule has 7 nitrogen and oxygen atoms in total.